The van der Waals surface area contributed by atoms with Crippen LogP contribution in [0.2, 0.25) is 0 Å². The van der Waals surface area contributed by atoms with E-state index in [1.807, 2.05) is 0 Å². The molecule has 0 aliphatic heterocycles. The van der Waals surface area contributed by atoms with Gasteiger partial charge < -0.3 is 5.11 Å². The zero-order valence-electron chi connectivity index (χ0n) is 6.59. The van der Waals surface area contributed by atoms with Crippen molar-refractivity contribution in [3.05, 3.63) is 11.6 Å². The average Bonchev–Trinajstić information content (AvgIpc) is 1.99. The summed E-state index contributed by atoms with van der Waals surface area (Å²) >= 11 is 0. The molecule has 0 fully saturated rings. The summed E-state index contributed by atoms with van der Waals surface area (Å²) in [7, 11) is 0. The third kappa shape index (κ3) is 3.32. The largest absolute Gasteiger partial charge is 0.377 e. The van der Waals surface area contributed by atoms with Crippen LogP contribution in [0.25, 0.3) is 0 Å². The third-order valence-electron chi connectivity index (χ3n) is 1.47. The maximum atomic E-state index is 8.98. The molecular formula is C9H14O. The van der Waals surface area contributed by atoms with Crippen LogP contribution < -0.4 is 0 Å². The zero-order valence-corrected chi connectivity index (χ0v) is 6.59. The van der Waals surface area contributed by atoms with Gasteiger partial charge in [-0.05, 0) is 18.9 Å². The van der Waals surface area contributed by atoms with Crippen LogP contribution in [-0.2, 0) is 0 Å². The standard InChI is InChI=1S/C9H14O/c1-4-8(5-2)7-9(10)6-3/h3,7,9-10H,4-5H2,1-2H3. The molecule has 1 nitrogen and oxygen atoms in total. The van der Waals surface area contributed by atoms with Crippen molar-refractivity contribution in [3.63, 3.8) is 0 Å². The number of hydrogen-bond donors (Lipinski definition) is 1. The molecule has 0 aromatic heterocycles. The highest BCUT2D eigenvalue weighted by Gasteiger charge is 1.94. The molecule has 0 saturated carbocycles. The van der Waals surface area contributed by atoms with E-state index in [0.29, 0.717) is 0 Å². The van der Waals surface area contributed by atoms with Crippen molar-refractivity contribution in [1.82, 2.24) is 0 Å². The van der Waals surface area contributed by atoms with Crippen LogP contribution in [0.4, 0.5) is 0 Å². The molecule has 1 atom stereocenters. The van der Waals surface area contributed by atoms with Gasteiger partial charge in [0.1, 0.15) is 6.10 Å². The second-order valence-corrected chi connectivity index (χ2v) is 2.14. The third-order valence-corrected chi connectivity index (χ3v) is 1.47. The van der Waals surface area contributed by atoms with E-state index in [0.717, 1.165) is 12.8 Å². The van der Waals surface area contributed by atoms with E-state index in [4.69, 9.17) is 11.5 Å². The second kappa shape index (κ2) is 5.08. The molecule has 0 radical (unpaired) electrons. The summed E-state index contributed by atoms with van der Waals surface area (Å²) in [5.41, 5.74) is 1.21. The highest BCUT2D eigenvalue weighted by Crippen LogP contribution is 2.05. The molecule has 0 amide bonds. The van der Waals surface area contributed by atoms with Crippen LogP contribution in [-0.4, -0.2) is 11.2 Å². The van der Waals surface area contributed by atoms with Gasteiger partial charge >= 0.3 is 0 Å². The quantitative estimate of drug-likeness (QED) is 0.465. The number of aliphatic hydroxyl groups excluding tert-OH is 1. The average molecular weight is 138 g/mol. The minimum atomic E-state index is -0.699. The lowest BCUT2D eigenvalue weighted by molar-refractivity contribution is 0.279. The Morgan fingerprint density at radius 3 is 2.40 bits per heavy atom. The summed E-state index contributed by atoms with van der Waals surface area (Å²) in [6.45, 7) is 4.11. The van der Waals surface area contributed by atoms with Crippen molar-refractivity contribution < 1.29 is 5.11 Å². The molecule has 0 aromatic carbocycles. The molecule has 0 aliphatic rings. The molecule has 1 N–H and O–H groups in total. The predicted octanol–water partition coefficient (Wildman–Crippen LogP) is 1.73. The van der Waals surface area contributed by atoms with Crippen molar-refractivity contribution in [2.24, 2.45) is 0 Å². The molecule has 10 heavy (non-hydrogen) atoms. The van der Waals surface area contributed by atoms with E-state index in [1.165, 1.54) is 5.57 Å². The fourth-order valence-corrected chi connectivity index (χ4v) is 0.757. The topological polar surface area (TPSA) is 20.2 Å². The molecule has 0 aliphatic carbocycles. The van der Waals surface area contributed by atoms with Crippen LogP contribution in [0, 0.1) is 12.3 Å². The highest BCUT2D eigenvalue weighted by molar-refractivity contribution is 5.12. The second-order valence-electron chi connectivity index (χ2n) is 2.14. The molecule has 0 spiro atoms. The fourth-order valence-electron chi connectivity index (χ4n) is 0.757. The zero-order chi connectivity index (χ0) is 7.98. The number of allylic oxidation sites excluding steroid dienone is 1. The first kappa shape index (κ1) is 9.26. The van der Waals surface area contributed by atoms with E-state index in [9.17, 15) is 0 Å². The fraction of sp³-hybridized carbons (Fsp3) is 0.556. The summed E-state index contributed by atoms with van der Waals surface area (Å²) in [6, 6.07) is 0. The predicted molar refractivity (Wildman–Crippen MR) is 43.5 cm³/mol. The molecule has 0 rings (SSSR count). The first-order valence-corrected chi connectivity index (χ1v) is 3.58. The molecular weight excluding hydrogens is 124 g/mol. The first-order chi connectivity index (χ1) is 4.74. The Bertz CT molecular complexity index is 145. The van der Waals surface area contributed by atoms with Gasteiger partial charge in [0, 0.05) is 0 Å². The van der Waals surface area contributed by atoms with E-state index in [2.05, 4.69) is 19.8 Å². The van der Waals surface area contributed by atoms with Crippen LogP contribution in [0.15, 0.2) is 11.6 Å². The van der Waals surface area contributed by atoms with Crippen molar-refractivity contribution in [1.29, 1.82) is 0 Å². The maximum Gasteiger partial charge on any atom is 0.133 e. The maximum absolute atomic E-state index is 8.98. The number of aliphatic hydroxyl groups is 1. The molecule has 1 unspecified atom stereocenters. The van der Waals surface area contributed by atoms with Gasteiger partial charge in [-0.2, -0.15) is 0 Å². The molecule has 0 saturated heterocycles. The Hall–Kier alpha value is -0.740. The van der Waals surface area contributed by atoms with Crippen LogP contribution in [0.5, 0.6) is 0 Å². The lowest BCUT2D eigenvalue weighted by Crippen LogP contribution is -1.98. The number of hydrogen-bond acceptors (Lipinski definition) is 1. The van der Waals surface area contributed by atoms with E-state index in [1.54, 1.807) is 6.08 Å². The van der Waals surface area contributed by atoms with Crippen molar-refractivity contribution >= 4 is 0 Å². The van der Waals surface area contributed by atoms with Crippen molar-refractivity contribution in [2.75, 3.05) is 0 Å². The molecule has 1 heteroatoms. The minimum Gasteiger partial charge on any atom is -0.377 e. The van der Waals surface area contributed by atoms with Crippen LogP contribution >= 0.6 is 0 Å². The van der Waals surface area contributed by atoms with E-state index >= 15 is 0 Å². The van der Waals surface area contributed by atoms with Gasteiger partial charge in [-0.3, -0.25) is 0 Å². The van der Waals surface area contributed by atoms with Gasteiger partial charge in [-0.15, -0.1) is 6.42 Å². The highest BCUT2D eigenvalue weighted by atomic mass is 16.3. The SMILES string of the molecule is C#CC(O)C=C(CC)CC. The Balaban J connectivity index is 3.99. The van der Waals surface area contributed by atoms with Gasteiger partial charge in [-0.1, -0.05) is 25.3 Å². The summed E-state index contributed by atoms with van der Waals surface area (Å²) in [6.07, 6.45) is 7.96. The normalized spacial score (nSPS) is 11.8. The number of rotatable bonds is 3. The summed E-state index contributed by atoms with van der Waals surface area (Å²) in [5.74, 6) is 2.24. The molecule has 0 bridgehead atoms. The van der Waals surface area contributed by atoms with Gasteiger partial charge in [0.05, 0.1) is 0 Å². The molecule has 0 aromatic rings. The van der Waals surface area contributed by atoms with E-state index < -0.39 is 6.10 Å². The Morgan fingerprint density at radius 2 is 2.10 bits per heavy atom. The van der Waals surface area contributed by atoms with Gasteiger partial charge in [0.2, 0.25) is 0 Å². The minimum absolute atomic E-state index is 0.699. The lowest BCUT2D eigenvalue weighted by atomic mass is 10.1. The first-order valence-electron chi connectivity index (χ1n) is 3.58. The monoisotopic (exact) mass is 138 g/mol. The van der Waals surface area contributed by atoms with Crippen LogP contribution in [0.3, 0.4) is 0 Å². The summed E-state index contributed by atoms with van der Waals surface area (Å²) < 4.78 is 0. The summed E-state index contributed by atoms with van der Waals surface area (Å²) in [5, 5.41) is 8.98. The molecule has 56 valence electrons. The summed E-state index contributed by atoms with van der Waals surface area (Å²) in [4.78, 5) is 0. The van der Waals surface area contributed by atoms with Crippen LogP contribution in [0.1, 0.15) is 26.7 Å². The van der Waals surface area contributed by atoms with Gasteiger partial charge in [0.25, 0.3) is 0 Å². The smallest absolute Gasteiger partial charge is 0.133 e. The Kier molecular flexibility index (Phi) is 4.70. The van der Waals surface area contributed by atoms with Crippen molar-refractivity contribution in [2.45, 2.75) is 32.8 Å². The van der Waals surface area contributed by atoms with E-state index in [-0.39, 0.29) is 0 Å². The van der Waals surface area contributed by atoms with Gasteiger partial charge in [-0.25, -0.2) is 0 Å². The Morgan fingerprint density at radius 1 is 1.60 bits per heavy atom. The van der Waals surface area contributed by atoms with Crippen molar-refractivity contribution in [3.8, 4) is 12.3 Å². The lowest BCUT2D eigenvalue weighted by Gasteiger charge is -2.00. The number of terminal acetylenes is 1. The molecule has 0 heterocycles. The Labute approximate surface area is 62.8 Å². The van der Waals surface area contributed by atoms with Gasteiger partial charge in [0.15, 0.2) is 0 Å².